The molecule has 0 spiro atoms. The molecule has 1 rings (SSSR count). The Morgan fingerprint density at radius 2 is 1.85 bits per heavy atom. The number of rotatable bonds is 1. The molecule has 0 amide bonds. The lowest BCUT2D eigenvalue weighted by Crippen LogP contribution is -2.34. The lowest BCUT2D eigenvalue weighted by Gasteiger charge is -2.13. The molecule has 0 unspecified atom stereocenters. The number of amidine groups is 1. The Labute approximate surface area is 77.8 Å². The van der Waals surface area contributed by atoms with Crippen molar-refractivity contribution in [3.63, 3.8) is 0 Å². The number of benzene rings is 1. The SMILES string of the molecule is Cc1ccc(/C(=N/N)N(C)N)cc1. The van der Waals surface area contributed by atoms with Crippen LogP contribution in [-0.2, 0) is 0 Å². The highest BCUT2D eigenvalue weighted by Crippen LogP contribution is 2.04. The van der Waals surface area contributed by atoms with Gasteiger partial charge in [-0.25, -0.2) is 5.84 Å². The maximum absolute atomic E-state index is 5.54. The van der Waals surface area contributed by atoms with Gasteiger partial charge in [0.2, 0.25) is 0 Å². The van der Waals surface area contributed by atoms with E-state index in [4.69, 9.17) is 11.7 Å². The van der Waals surface area contributed by atoms with Gasteiger partial charge >= 0.3 is 0 Å². The van der Waals surface area contributed by atoms with Crippen LogP contribution in [0.3, 0.4) is 0 Å². The van der Waals surface area contributed by atoms with Crippen LogP contribution in [0.4, 0.5) is 0 Å². The summed E-state index contributed by atoms with van der Waals surface area (Å²) in [6.45, 7) is 2.02. The van der Waals surface area contributed by atoms with E-state index in [1.54, 1.807) is 7.05 Å². The molecule has 0 aliphatic rings. The summed E-state index contributed by atoms with van der Waals surface area (Å²) in [6.07, 6.45) is 0. The molecule has 4 N–H and O–H groups in total. The summed E-state index contributed by atoms with van der Waals surface area (Å²) in [6, 6.07) is 7.85. The van der Waals surface area contributed by atoms with Gasteiger partial charge in [-0.1, -0.05) is 29.8 Å². The van der Waals surface area contributed by atoms with Gasteiger partial charge in [-0.15, -0.1) is 0 Å². The monoisotopic (exact) mass is 178 g/mol. The van der Waals surface area contributed by atoms with Crippen LogP contribution in [0.1, 0.15) is 11.1 Å². The van der Waals surface area contributed by atoms with E-state index >= 15 is 0 Å². The summed E-state index contributed by atoms with van der Waals surface area (Å²) in [5.41, 5.74) is 2.11. The zero-order valence-electron chi connectivity index (χ0n) is 7.86. The molecular formula is C9H14N4. The van der Waals surface area contributed by atoms with Crippen molar-refractivity contribution in [2.24, 2.45) is 16.8 Å². The van der Waals surface area contributed by atoms with Crippen LogP contribution in [-0.4, -0.2) is 17.9 Å². The van der Waals surface area contributed by atoms with E-state index in [1.165, 1.54) is 10.6 Å². The van der Waals surface area contributed by atoms with Crippen LogP contribution in [0, 0.1) is 6.92 Å². The third-order valence-corrected chi connectivity index (χ3v) is 1.77. The summed E-state index contributed by atoms with van der Waals surface area (Å²) in [5, 5.41) is 5.00. The Hall–Kier alpha value is -1.55. The van der Waals surface area contributed by atoms with E-state index in [2.05, 4.69) is 5.10 Å². The first kappa shape index (κ1) is 9.54. The van der Waals surface area contributed by atoms with E-state index < -0.39 is 0 Å². The zero-order chi connectivity index (χ0) is 9.84. The number of hydrogen-bond acceptors (Lipinski definition) is 3. The summed E-state index contributed by atoms with van der Waals surface area (Å²) in [5.74, 6) is 11.3. The standard InChI is InChI=1S/C9H14N4/c1-7-3-5-8(6-4-7)9(12-10)13(2)11/h3-6H,10-11H2,1-2H3/b12-9-. The molecule has 0 atom stereocenters. The summed E-state index contributed by atoms with van der Waals surface area (Å²) in [7, 11) is 1.70. The second-order valence-corrected chi connectivity index (χ2v) is 2.93. The van der Waals surface area contributed by atoms with Gasteiger partial charge in [-0.3, -0.25) is 5.01 Å². The molecule has 0 bridgehead atoms. The second-order valence-electron chi connectivity index (χ2n) is 2.93. The Morgan fingerprint density at radius 1 is 1.31 bits per heavy atom. The maximum Gasteiger partial charge on any atom is 0.169 e. The van der Waals surface area contributed by atoms with Crippen molar-refractivity contribution in [1.82, 2.24) is 5.01 Å². The number of aryl methyl sites for hydroxylation is 1. The molecular weight excluding hydrogens is 164 g/mol. The summed E-state index contributed by atoms with van der Waals surface area (Å²) < 4.78 is 0. The topological polar surface area (TPSA) is 67.6 Å². The smallest absolute Gasteiger partial charge is 0.169 e. The van der Waals surface area contributed by atoms with Gasteiger partial charge in [0.25, 0.3) is 0 Å². The molecule has 4 heteroatoms. The third-order valence-electron chi connectivity index (χ3n) is 1.77. The Bertz CT molecular complexity index is 300. The van der Waals surface area contributed by atoms with E-state index in [0.29, 0.717) is 5.84 Å². The Morgan fingerprint density at radius 3 is 2.23 bits per heavy atom. The lowest BCUT2D eigenvalue weighted by atomic mass is 10.1. The van der Waals surface area contributed by atoms with Crippen molar-refractivity contribution in [3.8, 4) is 0 Å². The number of hydrazone groups is 1. The van der Waals surface area contributed by atoms with Crippen molar-refractivity contribution in [2.45, 2.75) is 6.92 Å². The van der Waals surface area contributed by atoms with Gasteiger partial charge in [0.1, 0.15) is 0 Å². The minimum atomic E-state index is 0.569. The summed E-state index contributed by atoms with van der Waals surface area (Å²) in [4.78, 5) is 0. The zero-order valence-corrected chi connectivity index (χ0v) is 7.86. The predicted octanol–water partition coefficient (Wildman–Crippen LogP) is 0.421. The second kappa shape index (κ2) is 3.91. The van der Waals surface area contributed by atoms with E-state index in [0.717, 1.165) is 5.56 Å². The molecule has 0 fully saturated rings. The maximum atomic E-state index is 5.54. The van der Waals surface area contributed by atoms with Gasteiger partial charge in [-0.05, 0) is 6.92 Å². The Kier molecular flexibility index (Phi) is 2.87. The van der Waals surface area contributed by atoms with Crippen molar-refractivity contribution in [1.29, 1.82) is 0 Å². The molecule has 4 nitrogen and oxygen atoms in total. The number of nitrogens with two attached hydrogens (primary N) is 2. The molecule has 0 saturated heterocycles. The fourth-order valence-corrected chi connectivity index (χ4v) is 1.07. The molecule has 1 aromatic carbocycles. The van der Waals surface area contributed by atoms with Gasteiger partial charge in [0, 0.05) is 12.6 Å². The van der Waals surface area contributed by atoms with Crippen molar-refractivity contribution in [3.05, 3.63) is 35.4 Å². The minimum absolute atomic E-state index is 0.569. The molecule has 0 aromatic heterocycles. The molecule has 13 heavy (non-hydrogen) atoms. The van der Waals surface area contributed by atoms with Crippen LogP contribution < -0.4 is 11.7 Å². The van der Waals surface area contributed by atoms with Gasteiger partial charge < -0.3 is 5.84 Å². The quantitative estimate of drug-likeness (QED) is 0.283. The normalized spacial score (nSPS) is 11.5. The average Bonchev–Trinajstić information content (AvgIpc) is 2.09. The number of hydrogen-bond donors (Lipinski definition) is 2. The van der Waals surface area contributed by atoms with Crippen LogP contribution in [0.2, 0.25) is 0 Å². The molecule has 0 aliphatic carbocycles. The van der Waals surface area contributed by atoms with Crippen LogP contribution in [0.15, 0.2) is 29.4 Å². The molecule has 70 valence electrons. The third kappa shape index (κ3) is 2.19. The first-order valence-corrected chi connectivity index (χ1v) is 3.98. The van der Waals surface area contributed by atoms with Crippen molar-refractivity contribution < 1.29 is 0 Å². The first-order valence-electron chi connectivity index (χ1n) is 3.98. The molecule has 0 saturated carbocycles. The lowest BCUT2D eigenvalue weighted by molar-refractivity contribution is 0.537. The van der Waals surface area contributed by atoms with Gasteiger partial charge in [-0.2, -0.15) is 5.10 Å². The minimum Gasteiger partial charge on any atom is -0.321 e. The highest BCUT2D eigenvalue weighted by Gasteiger charge is 2.04. The molecule has 0 aliphatic heterocycles. The fraction of sp³-hybridized carbons (Fsp3) is 0.222. The van der Waals surface area contributed by atoms with Gasteiger partial charge in [0.15, 0.2) is 5.84 Å². The van der Waals surface area contributed by atoms with E-state index in [1.807, 2.05) is 31.2 Å². The average molecular weight is 178 g/mol. The molecule has 1 aromatic rings. The van der Waals surface area contributed by atoms with E-state index in [9.17, 15) is 0 Å². The summed E-state index contributed by atoms with van der Waals surface area (Å²) >= 11 is 0. The largest absolute Gasteiger partial charge is 0.321 e. The van der Waals surface area contributed by atoms with Crippen LogP contribution >= 0.6 is 0 Å². The first-order chi connectivity index (χ1) is 6.15. The highest BCUT2D eigenvalue weighted by atomic mass is 15.4. The van der Waals surface area contributed by atoms with Crippen molar-refractivity contribution in [2.75, 3.05) is 7.05 Å². The highest BCUT2D eigenvalue weighted by molar-refractivity contribution is 5.98. The van der Waals surface area contributed by atoms with Crippen LogP contribution in [0.25, 0.3) is 0 Å². The predicted molar refractivity (Wildman–Crippen MR) is 53.9 cm³/mol. The van der Waals surface area contributed by atoms with Crippen LogP contribution in [0.5, 0.6) is 0 Å². The van der Waals surface area contributed by atoms with E-state index in [-0.39, 0.29) is 0 Å². The Balaban J connectivity index is 3.00. The molecule has 0 heterocycles. The fourth-order valence-electron chi connectivity index (χ4n) is 1.07. The number of nitrogens with zero attached hydrogens (tertiary/aromatic N) is 2. The van der Waals surface area contributed by atoms with Gasteiger partial charge in [0.05, 0.1) is 0 Å². The number of hydrazine groups is 1. The van der Waals surface area contributed by atoms with Crippen molar-refractivity contribution >= 4 is 5.84 Å². The molecule has 0 radical (unpaired) electrons.